The van der Waals surface area contributed by atoms with E-state index >= 15 is 0 Å². The van der Waals surface area contributed by atoms with Crippen molar-refractivity contribution in [2.75, 3.05) is 13.2 Å². The molecule has 0 spiro atoms. The molecule has 0 saturated heterocycles. The van der Waals surface area contributed by atoms with Crippen LogP contribution in [0.4, 0.5) is 0 Å². The minimum atomic E-state index is -0.281. The molecule has 17 heavy (non-hydrogen) atoms. The number of carbonyl (C=O) groups is 3. The van der Waals surface area contributed by atoms with Crippen LogP contribution >= 0.6 is 0 Å². The van der Waals surface area contributed by atoms with Crippen molar-refractivity contribution >= 4 is 18.3 Å². The summed E-state index contributed by atoms with van der Waals surface area (Å²) < 4.78 is 4.51. The first-order valence-electron chi connectivity index (χ1n) is 5.26. The maximum Gasteiger partial charge on any atom is 0.293 e. The highest BCUT2D eigenvalue weighted by Gasteiger charge is 2.34. The fourth-order valence-electron chi connectivity index (χ4n) is 1.80. The monoisotopic (exact) mass is 233 g/mol. The van der Waals surface area contributed by atoms with Crippen molar-refractivity contribution in [3.63, 3.8) is 0 Å². The lowest BCUT2D eigenvalue weighted by atomic mass is 10.1. The van der Waals surface area contributed by atoms with Gasteiger partial charge in [0.1, 0.15) is 0 Å². The lowest BCUT2D eigenvalue weighted by Gasteiger charge is -2.12. The van der Waals surface area contributed by atoms with Crippen molar-refractivity contribution < 1.29 is 19.1 Å². The number of carbonyl (C=O) groups excluding carboxylic acids is 3. The van der Waals surface area contributed by atoms with Gasteiger partial charge in [-0.05, 0) is 18.6 Å². The van der Waals surface area contributed by atoms with Gasteiger partial charge in [0.05, 0.1) is 17.7 Å². The van der Waals surface area contributed by atoms with Gasteiger partial charge in [0, 0.05) is 6.54 Å². The van der Waals surface area contributed by atoms with E-state index in [1.54, 1.807) is 24.3 Å². The quantitative estimate of drug-likeness (QED) is 0.429. The summed E-state index contributed by atoms with van der Waals surface area (Å²) in [6.07, 6.45) is 0.449. The molecular formula is C12H11NO4. The molecule has 5 nitrogen and oxygen atoms in total. The van der Waals surface area contributed by atoms with Gasteiger partial charge in [-0.3, -0.25) is 19.3 Å². The second-order valence-corrected chi connectivity index (χ2v) is 3.63. The summed E-state index contributed by atoms with van der Waals surface area (Å²) in [5.41, 5.74) is 0.877. The Kier molecular flexibility index (Phi) is 3.18. The third kappa shape index (κ3) is 2.04. The fraction of sp³-hybridized carbons (Fsp3) is 0.250. The lowest BCUT2D eigenvalue weighted by Crippen LogP contribution is -2.31. The number of hydrogen-bond donors (Lipinski definition) is 0. The molecule has 1 heterocycles. The van der Waals surface area contributed by atoms with E-state index in [2.05, 4.69) is 4.74 Å². The van der Waals surface area contributed by atoms with Crippen LogP contribution in [0, 0.1) is 0 Å². The van der Waals surface area contributed by atoms with E-state index in [1.165, 1.54) is 4.90 Å². The van der Waals surface area contributed by atoms with E-state index in [9.17, 15) is 14.4 Å². The Morgan fingerprint density at radius 1 is 1.12 bits per heavy atom. The number of fused-ring (bicyclic) bond motifs is 1. The molecule has 88 valence electrons. The largest absolute Gasteiger partial charge is 0.468 e. The number of amides is 2. The maximum atomic E-state index is 11.9. The smallest absolute Gasteiger partial charge is 0.293 e. The van der Waals surface area contributed by atoms with Crippen molar-refractivity contribution in [2.24, 2.45) is 0 Å². The van der Waals surface area contributed by atoms with Crippen LogP contribution in [-0.2, 0) is 9.53 Å². The van der Waals surface area contributed by atoms with E-state index in [0.717, 1.165) is 0 Å². The summed E-state index contributed by atoms with van der Waals surface area (Å²) in [4.78, 5) is 34.8. The van der Waals surface area contributed by atoms with E-state index < -0.39 is 0 Å². The molecule has 0 unspecified atom stereocenters. The minimum absolute atomic E-state index is 0.205. The van der Waals surface area contributed by atoms with Crippen LogP contribution in [0.3, 0.4) is 0 Å². The maximum absolute atomic E-state index is 11.9. The number of nitrogens with zero attached hydrogens (tertiary/aromatic N) is 1. The van der Waals surface area contributed by atoms with Gasteiger partial charge in [0.15, 0.2) is 0 Å². The molecule has 0 N–H and O–H groups in total. The standard InChI is InChI=1S/C12H11NO4/c14-8-17-7-3-6-13-11(15)9-4-1-2-5-10(9)12(13)16/h1-2,4-5,8H,3,6-7H2. The molecule has 1 aromatic carbocycles. The summed E-state index contributed by atoms with van der Waals surface area (Å²) in [6, 6.07) is 6.72. The molecular weight excluding hydrogens is 222 g/mol. The molecule has 0 bridgehead atoms. The summed E-state index contributed by atoms with van der Waals surface area (Å²) in [7, 11) is 0. The molecule has 1 aliphatic heterocycles. The van der Waals surface area contributed by atoms with Crippen LogP contribution in [0.5, 0.6) is 0 Å². The van der Waals surface area contributed by atoms with E-state index in [-0.39, 0.29) is 25.0 Å². The molecule has 0 atom stereocenters. The van der Waals surface area contributed by atoms with Gasteiger partial charge in [-0.15, -0.1) is 0 Å². The third-order valence-corrected chi connectivity index (χ3v) is 2.59. The number of benzene rings is 1. The molecule has 5 heteroatoms. The second kappa shape index (κ2) is 4.78. The first-order valence-corrected chi connectivity index (χ1v) is 5.26. The van der Waals surface area contributed by atoms with Crippen molar-refractivity contribution in [1.29, 1.82) is 0 Å². The summed E-state index contributed by atoms with van der Waals surface area (Å²) in [6.45, 7) is 0.819. The average Bonchev–Trinajstić information content (AvgIpc) is 2.60. The van der Waals surface area contributed by atoms with E-state index in [1.807, 2.05) is 0 Å². The summed E-state index contributed by atoms with van der Waals surface area (Å²) in [5, 5.41) is 0. The van der Waals surface area contributed by atoms with Crippen LogP contribution in [0.15, 0.2) is 24.3 Å². The highest BCUT2D eigenvalue weighted by Crippen LogP contribution is 2.22. The van der Waals surface area contributed by atoms with Gasteiger partial charge in [-0.2, -0.15) is 0 Å². The van der Waals surface area contributed by atoms with Crippen LogP contribution in [0.25, 0.3) is 0 Å². The zero-order valence-corrected chi connectivity index (χ0v) is 9.09. The highest BCUT2D eigenvalue weighted by atomic mass is 16.5. The van der Waals surface area contributed by atoms with E-state index in [4.69, 9.17) is 0 Å². The number of rotatable bonds is 5. The van der Waals surface area contributed by atoms with Crippen LogP contribution in [0.1, 0.15) is 27.1 Å². The zero-order chi connectivity index (χ0) is 12.3. The molecule has 0 radical (unpaired) electrons. The molecule has 0 aliphatic carbocycles. The number of hydrogen-bond acceptors (Lipinski definition) is 4. The van der Waals surface area contributed by atoms with Gasteiger partial charge in [-0.25, -0.2) is 0 Å². The molecule has 0 fully saturated rings. The normalized spacial score (nSPS) is 13.8. The molecule has 1 aliphatic rings. The fourth-order valence-corrected chi connectivity index (χ4v) is 1.80. The van der Waals surface area contributed by atoms with Crippen LogP contribution < -0.4 is 0 Å². The first kappa shape index (κ1) is 11.3. The predicted molar refractivity (Wildman–Crippen MR) is 58.4 cm³/mol. The van der Waals surface area contributed by atoms with Crippen LogP contribution in [0.2, 0.25) is 0 Å². The summed E-state index contributed by atoms with van der Waals surface area (Å²) in [5.74, 6) is -0.562. The Labute approximate surface area is 98.0 Å². The van der Waals surface area contributed by atoms with Crippen molar-refractivity contribution in [1.82, 2.24) is 4.90 Å². The molecule has 0 aromatic heterocycles. The Morgan fingerprint density at radius 3 is 2.24 bits per heavy atom. The number of ether oxygens (including phenoxy) is 1. The topological polar surface area (TPSA) is 63.7 Å². The van der Waals surface area contributed by atoms with Crippen molar-refractivity contribution in [3.05, 3.63) is 35.4 Å². The Hall–Kier alpha value is -2.17. The number of imide groups is 1. The third-order valence-electron chi connectivity index (χ3n) is 2.59. The van der Waals surface area contributed by atoms with Gasteiger partial charge < -0.3 is 4.74 Å². The summed E-state index contributed by atoms with van der Waals surface area (Å²) >= 11 is 0. The van der Waals surface area contributed by atoms with E-state index in [0.29, 0.717) is 24.0 Å². The van der Waals surface area contributed by atoms with Crippen molar-refractivity contribution in [2.45, 2.75) is 6.42 Å². The first-order chi connectivity index (χ1) is 8.25. The van der Waals surface area contributed by atoms with Gasteiger partial charge in [0.25, 0.3) is 18.3 Å². The molecule has 0 saturated carbocycles. The minimum Gasteiger partial charge on any atom is -0.468 e. The molecule has 1 aromatic rings. The van der Waals surface area contributed by atoms with Crippen LogP contribution in [-0.4, -0.2) is 36.3 Å². The predicted octanol–water partition coefficient (Wildman–Crippen LogP) is 0.846. The second-order valence-electron chi connectivity index (χ2n) is 3.63. The Morgan fingerprint density at radius 2 is 1.71 bits per heavy atom. The SMILES string of the molecule is O=COCCCN1C(=O)c2ccccc2C1=O. The molecule has 2 rings (SSSR count). The van der Waals surface area contributed by atoms with Gasteiger partial charge in [-0.1, -0.05) is 12.1 Å². The zero-order valence-electron chi connectivity index (χ0n) is 9.09. The van der Waals surface area contributed by atoms with Gasteiger partial charge >= 0.3 is 0 Å². The van der Waals surface area contributed by atoms with Crippen molar-refractivity contribution in [3.8, 4) is 0 Å². The van der Waals surface area contributed by atoms with Gasteiger partial charge in [0.2, 0.25) is 0 Å². The average molecular weight is 233 g/mol. The Bertz CT molecular complexity index is 434. The Balaban J connectivity index is 2.05. The molecule has 2 amide bonds. The lowest BCUT2D eigenvalue weighted by molar-refractivity contribution is -0.128. The highest BCUT2D eigenvalue weighted by molar-refractivity contribution is 6.21.